The summed E-state index contributed by atoms with van der Waals surface area (Å²) in [6.07, 6.45) is 0. The van der Waals surface area contributed by atoms with Crippen LogP contribution in [0.4, 0.5) is 0 Å². The van der Waals surface area contributed by atoms with Crippen LogP contribution in [0.1, 0.15) is 26.3 Å². The molecule has 2 aromatic rings. The lowest BCUT2D eigenvalue weighted by Gasteiger charge is -2.19. The monoisotopic (exact) mass is 420 g/mol. The van der Waals surface area contributed by atoms with Crippen LogP contribution < -0.4 is 14.8 Å². The second-order valence-corrected chi connectivity index (χ2v) is 7.08. The Morgan fingerprint density at radius 2 is 1.57 bits per heavy atom. The van der Waals surface area contributed by atoms with E-state index in [2.05, 4.69) is 5.32 Å². The average Bonchev–Trinajstić information content (AvgIpc) is 2.91. The number of imide groups is 1. The predicted molar refractivity (Wildman–Crippen MR) is 101 cm³/mol. The van der Waals surface area contributed by atoms with Crippen LogP contribution in [-0.2, 0) is 11.3 Å². The lowest BCUT2D eigenvalue weighted by molar-refractivity contribution is -0.121. The van der Waals surface area contributed by atoms with Crippen molar-refractivity contribution in [2.75, 3.05) is 19.8 Å². The molecule has 2 aliphatic rings. The van der Waals surface area contributed by atoms with Crippen LogP contribution in [0.15, 0.2) is 30.3 Å². The quantitative estimate of drug-likeness (QED) is 0.768. The fraction of sp³-hybridized carbons (Fsp3) is 0.211. The third-order valence-corrected chi connectivity index (χ3v) is 5.13. The molecule has 9 heteroatoms. The van der Waals surface area contributed by atoms with E-state index in [1.807, 2.05) is 0 Å². The molecule has 2 aromatic carbocycles. The van der Waals surface area contributed by atoms with Crippen molar-refractivity contribution in [2.24, 2.45) is 0 Å². The molecule has 7 nitrogen and oxygen atoms in total. The summed E-state index contributed by atoms with van der Waals surface area (Å²) in [5.74, 6) is -0.348. The SMILES string of the molecule is O=C(CN1C(=O)c2cc(Cl)c(Cl)cc2C1=O)NCc1ccc2c(c1)OCCO2. The number of hydrogen-bond acceptors (Lipinski definition) is 5. The van der Waals surface area contributed by atoms with Gasteiger partial charge in [0.1, 0.15) is 19.8 Å². The third-order valence-electron chi connectivity index (χ3n) is 4.41. The zero-order valence-corrected chi connectivity index (χ0v) is 16.0. The van der Waals surface area contributed by atoms with Gasteiger partial charge in [0.2, 0.25) is 5.91 Å². The maximum Gasteiger partial charge on any atom is 0.262 e. The first-order valence-corrected chi connectivity index (χ1v) is 9.20. The highest BCUT2D eigenvalue weighted by molar-refractivity contribution is 6.43. The van der Waals surface area contributed by atoms with Gasteiger partial charge in [0.05, 0.1) is 21.2 Å². The van der Waals surface area contributed by atoms with Crippen molar-refractivity contribution in [2.45, 2.75) is 6.54 Å². The predicted octanol–water partition coefficient (Wildman–Crippen LogP) is 2.68. The van der Waals surface area contributed by atoms with Gasteiger partial charge in [-0.05, 0) is 29.8 Å². The number of ether oxygens (including phenoxy) is 2. The smallest absolute Gasteiger partial charge is 0.262 e. The zero-order valence-electron chi connectivity index (χ0n) is 14.5. The second kappa shape index (κ2) is 7.33. The van der Waals surface area contributed by atoms with Crippen molar-refractivity contribution in [3.63, 3.8) is 0 Å². The van der Waals surface area contributed by atoms with Crippen LogP contribution in [-0.4, -0.2) is 42.4 Å². The van der Waals surface area contributed by atoms with Crippen molar-refractivity contribution in [1.29, 1.82) is 0 Å². The van der Waals surface area contributed by atoms with Gasteiger partial charge in [-0.15, -0.1) is 0 Å². The van der Waals surface area contributed by atoms with Crippen molar-refractivity contribution in [3.05, 3.63) is 57.1 Å². The van der Waals surface area contributed by atoms with E-state index in [1.165, 1.54) is 12.1 Å². The minimum atomic E-state index is -0.576. The molecule has 0 atom stereocenters. The van der Waals surface area contributed by atoms with Gasteiger partial charge in [0, 0.05) is 6.54 Å². The van der Waals surface area contributed by atoms with Gasteiger partial charge in [-0.3, -0.25) is 19.3 Å². The Kier molecular flexibility index (Phi) is 4.87. The van der Waals surface area contributed by atoms with Gasteiger partial charge >= 0.3 is 0 Å². The van der Waals surface area contributed by atoms with E-state index in [9.17, 15) is 14.4 Å². The molecule has 0 bridgehead atoms. The first-order valence-electron chi connectivity index (χ1n) is 8.44. The zero-order chi connectivity index (χ0) is 19.8. The molecule has 144 valence electrons. The molecular weight excluding hydrogens is 407 g/mol. The fourth-order valence-corrected chi connectivity index (χ4v) is 3.35. The lowest BCUT2D eigenvalue weighted by Crippen LogP contribution is -2.40. The summed E-state index contributed by atoms with van der Waals surface area (Å²) in [5, 5.41) is 3.04. The van der Waals surface area contributed by atoms with Crippen LogP contribution in [0.2, 0.25) is 10.0 Å². The molecule has 3 amide bonds. The van der Waals surface area contributed by atoms with E-state index in [1.54, 1.807) is 18.2 Å². The number of rotatable bonds is 4. The normalized spacial score (nSPS) is 14.9. The number of nitrogens with one attached hydrogen (secondary N) is 1. The minimum absolute atomic E-state index is 0.138. The largest absolute Gasteiger partial charge is 0.486 e. The van der Waals surface area contributed by atoms with Gasteiger partial charge in [0.15, 0.2) is 11.5 Å². The van der Waals surface area contributed by atoms with Crippen molar-refractivity contribution in [1.82, 2.24) is 10.2 Å². The summed E-state index contributed by atoms with van der Waals surface area (Å²) in [4.78, 5) is 38.0. The highest BCUT2D eigenvalue weighted by Crippen LogP contribution is 2.32. The molecule has 0 aliphatic carbocycles. The second-order valence-electron chi connectivity index (χ2n) is 6.26. The number of benzene rings is 2. The number of hydrogen-bond donors (Lipinski definition) is 1. The van der Waals surface area contributed by atoms with Crippen LogP contribution in [0, 0.1) is 0 Å². The minimum Gasteiger partial charge on any atom is -0.486 e. The Bertz CT molecular complexity index is 967. The molecule has 0 aromatic heterocycles. The number of nitrogens with zero attached hydrogens (tertiary/aromatic N) is 1. The van der Waals surface area contributed by atoms with E-state index >= 15 is 0 Å². The maximum atomic E-state index is 12.4. The fourth-order valence-electron chi connectivity index (χ4n) is 3.03. The average molecular weight is 421 g/mol. The summed E-state index contributed by atoms with van der Waals surface area (Å²) >= 11 is 11.8. The highest BCUT2D eigenvalue weighted by atomic mass is 35.5. The molecule has 0 saturated heterocycles. The molecule has 0 saturated carbocycles. The molecule has 28 heavy (non-hydrogen) atoms. The van der Waals surface area contributed by atoms with Gasteiger partial charge in [-0.1, -0.05) is 29.3 Å². The molecule has 1 N–H and O–H groups in total. The molecule has 0 unspecified atom stereocenters. The first-order chi connectivity index (χ1) is 13.4. The standard InChI is InChI=1S/C19H14Cl2N2O5/c20-13-6-11-12(7-14(13)21)19(26)23(18(11)25)9-17(24)22-8-10-1-2-15-16(5-10)28-4-3-27-15/h1-2,5-7H,3-4,8-9H2,(H,22,24). The Morgan fingerprint density at radius 1 is 0.964 bits per heavy atom. The van der Waals surface area contributed by atoms with Crippen molar-refractivity contribution < 1.29 is 23.9 Å². The maximum absolute atomic E-state index is 12.4. The first kappa shape index (κ1) is 18.6. The Hall–Kier alpha value is -2.77. The molecule has 2 aliphatic heterocycles. The van der Waals surface area contributed by atoms with Gasteiger partial charge in [-0.25, -0.2) is 0 Å². The third kappa shape index (κ3) is 3.39. The number of carbonyl (C=O) groups excluding carboxylic acids is 3. The Morgan fingerprint density at radius 3 is 2.21 bits per heavy atom. The molecule has 2 heterocycles. The lowest BCUT2D eigenvalue weighted by atomic mass is 10.1. The van der Waals surface area contributed by atoms with Crippen LogP contribution in [0.5, 0.6) is 11.5 Å². The van der Waals surface area contributed by atoms with Crippen molar-refractivity contribution in [3.8, 4) is 11.5 Å². The molecule has 0 radical (unpaired) electrons. The number of carbonyl (C=O) groups is 3. The van der Waals surface area contributed by atoms with Gasteiger partial charge in [0.25, 0.3) is 11.8 Å². The molecule has 0 fully saturated rings. The molecular formula is C19H14Cl2N2O5. The topological polar surface area (TPSA) is 84.9 Å². The highest BCUT2D eigenvalue weighted by Gasteiger charge is 2.37. The van der Waals surface area contributed by atoms with E-state index in [4.69, 9.17) is 32.7 Å². The Balaban J connectivity index is 1.40. The Labute approximate surface area is 170 Å². The van der Waals surface area contributed by atoms with E-state index < -0.39 is 24.3 Å². The summed E-state index contributed by atoms with van der Waals surface area (Å²) < 4.78 is 11.0. The van der Waals surface area contributed by atoms with E-state index in [0.717, 1.165) is 10.5 Å². The van der Waals surface area contributed by atoms with E-state index in [0.29, 0.717) is 24.7 Å². The van der Waals surface area contributed by atoms with Crippen LogP contribution >= 0.6 is 23.2 Å². The summed E-state index contributed by atoms with van der Waals surface area (Å²) in [6, 6.07) is 8.04. The summed E-state index contributed by atoms with van der Waals surface area (Å²) in [5.41, 5.74) is 1.08. The van der Waals surface area contributed by atoms with Gasteiger partial charge in [-0.2, -0.15) is 0 Å². The number of halogens is 2. The van der Waals surface area contributed by atoms with Crippen LogP contribution in [0.3, 0.4) is 0 Å². The number of fused-ring (bicyclic) bond motifs is 2. The number of amides is 3. The van der Waals surface area contributed by atoms with E-state index in [-0.39, 0.29) is 27.7 Å². The van der Waals surface area contributed by atoms with Crippen molar-refractivity contribution >= 4 is 40.9 Å². The summed E-state index contributed by atoms with van der Waals surface area (Å²) in [6.45, 7) is 0.790. The summed E-state index contributed by atoms with van der Waals surface area (Å²) in [7, 11) is 0. The molecule has 4 rings (SSSR count). The van der Waals surface area contributed by atoms with Crippen LogP contribution in [0.25, 0.3) is 0 Å². The van der Waals surface area contributed by atoms with Gasteiger partial charge < -0.3 is 14.8 Å². The molecule has 0 spiro atoms.